The molecule has 0 fully saturated rings. The molecule has 65 heavy (non-hydrogen) atoms. The van der Waals surface area contributed by atoms with Crippen LogP contribution < -0.4 is 0 Å². The van der Waals surface area contributed by atoms with Gasteiger partial charge in [0.15, 0.2) is 0 Å². The highest BCUT2D eigenvalue weighted by atomic mass is 32.1. The van der Waals surface area contributed by atoms with Gasteiger partial charge in [0, 0.05) is 36.6 Å². The molecule has 0 radical (unpaired) electrons. The van der Waals surface area contributed by atoms with Crippen molar-refractivity contribution in [1.29, 1.82) is 0 Å². The molecule has 0 amide bonds. The molecule has 0 spiro atoms. The van der Waals surface area contributed by atoms with E-state index in [0.29, 0.717) is 0 Å². The van der Waals surface area contributed by atoms with Crippen LogP contribution in [0.15, 0.2) is 189 Å². The molecule has 0 nitrogen and oxygen atoms in total. The molecular formula is C64H46S. The van der Waals surface area contributed by atoms with Gasteiger partial charge >= 0.3 is 0 Å². The molecule has 2 aliphatic rings. The minimum atomic E-state index is -0.165. The van der Waals surface area contributed by atoms with E-state index in [1.165, 1.54) is 125 Å². The lowest BCUT2D eigenvalue weighted by molar-refractivity contribution is 0.660. The first kappa shape index (κ1) is 38.2. The first-order valence-electron chi connectivity index (χ1n) is 22.8. The van der Waals surface area contributed by atoms with Crippen LogP contribution in [0.4, 0.5) is 0 Å². The fourth-order valence-corrected chi connectivity index (χ4v) is 13.4. The molecule has 11 aromatic rings. The number of fused-ring (bicyclic) bond motifs is 15. The second-order valence-corrected chi connectivity index (χ2v) is 20.3. The van der Waals surface area contributed by atoms with Crippen LogP contribution >= 0.6 is 11.3 Å². The van der Waals surface area contributed by atoms with Crippen LogP contribution in [0.1, 0.15) is 66.6 Å². The second-order valence-electron chi connectivity index (χ2n) is 19.2. The molecule has 308 valence electrons. The van der Waals surface area contributed by atoms with Crippen LogP contribution in [0.5, 0.6) is 0 Å². The zero-order chi connectivity index (χ0) is 43.9. The molecule has 1 heteroatoms. The molecule has 10 aromatic carbocycles. The van der Waals surface area contributed by atoms with Gasteiger partial charge in [-0.05, 0) is 140 Å². The van der Waals surface area contributed by atoms with Crippen molar-refractivity contribution in [2.75, 3.05) is 0 Å². The van der Waals surface area contributed by atoms with Crippen molar-refractivity contribution in [3.05, 3.63) is 228 Å². The molecule has 0 aliphatic heterocycles. The van der Waals surface area contributed by atoms with Crippen LogP contribution in [0, 0.1) is 0 Å². The Morgan fingerprint density at radius 1 is 0.462 bits per heavy atom. The quantitative estimate of drug-likeness (QED) is 0.151. The van der Waals surface area contributed by atoms with Crippen molar-refractivity contribution in [3.63, 3.8) is 0 Å². The van der Waals surface area contributed by atoms with E-state index in [1.54, 1.807) is 0 Å². The molecular weight excluding hydrogens is 801 g/mol. The van der Waals surface area contributed by atoms with Gasteiger partial charge in [-0.15, -0.1) is 11.3 Å². The number of thiophene rings is 1. The molecule has 1 aromatic heterocycles. The normalized spacial score (nSPS) is 14.2. The van der Waals surface area contributed by atoms with Gasteiger partial charge in [0.2, 0.25) is 0 Å². The minimum Gasteiger partial charge on any atom is -0.134 e. The van der Waals surface area contributed by atoms with E-state index in [-0.39, 0.29) is 10.8 Å². The summed E-state index contributed by atoms with van der Waals surface area (Å²) in [6.07, 6.45) is 1.93. The van der Waals surface area contributed by atoms with E-state index in [2.05, 4.69) is 210 Å². The molecule has 0 saturated carbocycles. The molecule has 0 unspecified atom stereocenters. The Labute approximate surface area is 384 Å². The second kappa shape index (κ2) is 13.6. The van der Waals surface area contributed by atoms with Gasteiger partial charge in [-0.2, -0.15) is 0 Å². The SMILES string of the molecule is C=Cc1ccccc1C(=C)c1c2ccccc2c(-c2ccc3c(c2)-c2ccc(-c4ccc5c(c4)C(C)(C)c4c-5c5sc6ccccc6c5c5ccccc45)cc2C3(C)C)c2ccccc12. The maximum Gasteiger partial charge on any atom is 0.0443 e. The summed E-state index contributed by atoms with van der Waals surface area (Å²) in [6, 6.07) is 66.0. The molecule has 1 heterocycles. The summed E-state index contributed by atoms with van der Waals surface area (Å²) < 4.78 is 2.76. The Balaban J connectivity index is 0.942. The fourth-order valence-electron chi connectivity index (χ4n) is 12.1. The minimum absolute atomic E-state index is 0.164. The van der Waals surface area contributed by atoms with Gasteiger partial charge in [-0.3, -0.25) is 0 Å². The van der Waals surface area contributed by atoms with E-state index in [1.807, 2.05) is 17.4 Å². The number of rotatable bonds is 5. The molecule has 0 atom stereocenters. The lowest BCUT2D eigenvalue weighted by Crippen LogP contribution is -2.16. The monoisotopic (exact) mass is 846 g/mol. The van der Waals surface area contributed by atoms with Crippen molar-refractivity contribution >= 4 is 75.5 Å². The Morgan fingerprint density at radius 2 is 1.02 bits per heavy atom. The Morgan fingerprint density at radius 3 is 1.71 bits per heavy atom. The zero-order valence-electron chi connectivity index (χ0n) is 37.1. The fraction of sp³-hybridized carbons (Fsp3) is 0.0938. The lowest BCUT2D eigenvalue weighted by Gasteiger charge is -2.24. The van der Waals surface area contributed by atoms with Gasteiger partial charge in [0.05, 0.1) is 0 Å². The predicted octanol–water partition coefficient (Wildman–Crippen LogP) is 18.2. The number of hydrogen-bond donors (Lipinski definition) is 0. The van der Waals surface area contributed by atoms with Crippen molar-refractivity contribution in [3.8, 4) is 44.5 Å². The van der Waals surface area contributed by atoms with Gasteiger partial charge in [-0.25, -0.2) is 0 Å². The molecule has 0 bridgehead atoms. The van der Waals surface area contributed by atoms with Crippen molar-refractivity contribution in [2.24, 2.45) is 0 Å². The highest BCUT2D eigenvalue weighted by molar-refractivity contribution is 7.26. The van der Waals surface area contributed by atoms with E-state index >= 15 is 0 Å². The van der Waals surface area contributed by atoms with Crippen LogP contribution in [-0.2, 0) is 10.8 Å². The first-order chi connectivity index (χ1) is 31.6. The third-order valence-corrected chi connectivity index (χ3v) is 16.4. The van der Waals surface area contributed by atoms with Gasteiger partial charge in [0.25, 0.3) is 0 Å². The lowest BCUT2D eigenvalue weighted by atomic mass is 9.78. The molecule has 0 saturated heterocycles. The van der Waals surface area contributed by atoms with Crippen molar-refractivity contribution in [2.45, 2.75) is 38.5 Å². The van der Waals surface area contributed by atoms with Crippen LogP contribution in [0.25, 0.3) is 109 Å². The van der Waals surface area contributed by atoms with E-state index in [9.17, 15) is 0 Å². The third-order valence-electron chi connectivity index (χ3n) is 15.2. The predicted molar refractivity (Wildman–Crippen MR) is 283 cm³/mol. The van der Waals surface area contributed by atoms with Gasteiger partial charge in [0.1, 0.15) is 0 Å². The topological polar surface area (TPSA) is 0 Å². The van der Waals surface area contributed by atoms with Crippen LogP contribution in [0.3, 0.4) is 0 Å². The van der Waals surface area contributed by atoms with E-state index < -0.39 is 0 Å². The summed E-state index contributed by atoms with van der Waals surface area (Å²) in [6.45, 7) is 18.5. The first-order valence-corrected chi connectivity index (χ1v) is 23.6. The van der Waals surface area contributed by atoms with Crippen molar-refractivity contribution in [1.82, 2.24) is 0 Å². The smallest absolute Gasteiger partial charge is 0.0443 e. The average molecular weight is 847 g/mol. The van der Waals surface area contributed by atoms with Crippen LogP contribution in [0.2, 0.25) is 0 Å². The summed E-state index contributed by atoms with van der Waals surface area (Å²) in [5, 5.41) is 10.4. The molecule has 2 aliphatic carbocycles. The van der Waals surface area contributed by atoms with Crippen LogP contribution in [-0.4, -0.2) is 0 Å². The maximum atomic E-state index is 4.74. The molecule has 0 N–H and O–H groups in total. The summed E-state index contributed by atoms with van der Waals surface area (Å²) in [5.41, 5.74) is 20.1. The van der Waals surface area contributed by atoms with Gasteiger partial charge in [-0.1, -0.05) is 199 Å². The average Bonchev–Trinajstić information content (AvgIpc) is 3.92. The third kappa shape index (κ3) is 5.19. The Hall–Kier alpha value is -7.32. The summed E-state index contributed by atoms with van der Waals surface area (Å²) >= 11 is 1.95. The zero-order valence-corrected chi connectivity index (χ0v) is 38.0. The van der Waals surface area contributed by atoms with Crippen molar-refractivity contribution < 1.29 is 0 Å². The highest BCUT2D eigenvalue weighted by Crippen LogP contribution is 2.58. The summed E-state index contributed by atoms with van der Waals surface area (Å²) in [5.74, 6) is 0. The van der Waals surface area contributed by atoms with Gasteiger partial charge < -0.3 is 0 Å². The maximum absolute atomic E-state index is 4.74. The highest BCUT2D eigenvalue weighted by Gasteiger charge is 2.40. The number of hydrogen-bond acceptors (Lipinski definition) is 1. The summed E-state index contributed by atoms with van der Waals surface area (Å²) in [7, 11) is 0. The van der Waals surface area contributed by atoms with E-state index in [0.717, 1.165) is 16.7 Å². The Bertz CT molecular complexity index is 3860. The Kier molecular flexibility index (Phi) is 7.98. The van der Waals surface area contributed by atoms with E-state index in [4.69, 9.17) is 6.58 Å². The standard InChI is InChI=1S/C64H46S/c1-7-38-18-8-9-19-42(38)37(2)57-44-20-10-12-22-46(44)58(47-23-13-11-21-45(47)57)41-30-33-53-52(34-41)43-31-28-39(35-54(43)63(53,3)4)40-29-32-50-55(36-40)64(5,6)61-49-25-15-14-24-48(49)59-51-26-16-17-27-56(51)65-62(59)60(50)61/h7-36H,1-2H2,3-6H3. The number of benzene rings is 10. The largest absolute Gasteiger partial charge is 0.134 e. The summed E-state index contributed by atoms with van der Waals surface area (Å²) in [4.78, 5) is 0. The molecule has 13 rings (SSSR count).